The fourth-order valence-electron chi connectivity index (χ4n) is 9.51. The Bertz CT molecular complexity index is 1880. The van der Waals surface area contributed by atoms with Gasteiger partial charge in [0, 0.05) is 70.9 Å². The zero-order valence-electron chi connectivity index (χ0n) is 26.7. The maximum Gasteiger partial charge on any atom is 0.318 e. The van der Waals surface area contributed by atoms with Gasteiger partial charge in [0.2, 0.25) is 0 Å². The van der Waals surface area contributed by atoms with Crippen LogP contribution >= 0.6 is 11.6 Å². The molecule has 4 saturated heterocycles. The number of nitrogens with one attached hydrogen (secondary N) is 2. The molecule has 2 bridgehead atoms. The minimum Gasteiger partial charge on any atom is -0.467 e. The van der Waals surface area contributed by atoms with Gasteiger partial charge in [0.15, 0.2) is 0 Å². The summed E-state index contributed by atoms with van der Waals surface area (Å²) in [6.45, 7) is 3.77. The van der Waals surface area contributed by atoms with Crippen LogP contribution in [0, 0.1) is 0 Å². The molecule has 9 nitrogen and oxygen atoms in total. The number of pyridine rings is 1. The SMILES string of the molecule is COc1nc(N2CC3CCC(C2)N3)c2c(n1)C1(CC1)c1c-2ccnc1-c1c(C2CC2)c(Cl)cc2[nH]ncc12.FC1CC2CCCN2C1. The van der Waals surface area contributed by atoms with Crippen LogP contribution in [0.5, 0.6) is 6.01 Å². The highest BCUT2D eigenvalue weighted by atomic mass is 35.5. The third-order valence-electron chi connectivity index (χ3n) is 11.9. The van der Waals surface area contributed by atoms with Gasteiger partial charge in [0.25, 0.3) is 0 Å². The number of nitrogens with zero attached hydrogens (tertiary/aromatic N) is 6. The van der Waals surface area contributed by atoms with Gasteiger partial charge in [-0.15, -0.1) is 0 Å². The van der Waals surface area contributed by atoms with Crippen LogP contribution in [0.15, 0.2) is 24.5 Å². The van der Waals surface area contributed by atoms with Gasteiger partial charge in [-0.3, -0.25) is 15.0 Å². The second kappa shape index (κ2) is 10.6. The molecule has 3 aromatic heterocycles. The number of hydrogen-bond donors (Lipinski definition) is 2. The zero-order chi connectivity index (χ0) is 31.4. The quantitative estimate of drug-likeness (QED) is 0.271. The van der Waals surface area contributed by atoms with E-state index in [1.54, 1.807) is 7.11 Å². The second-order valence-electron chi connectivity index (χ2n) is 14.8. The van der Waals surface area contributed by atoms with Crippen LogP contribution in [-0.2, 0) is 5.41 Å². The van der Waals surface area contributed by atoms with Gasteiger partial charge < -0.3 is 15.0 Å². The Morgan fingerprint density at radius 3 is 2.62 bits per heavy atom. The molecule has 7 heterocycles. The summed E-state index contributed by atoms with van der Waals surface area (Å²) in [5, 5.41) is 13.2. The summed E-state index contributed by atoms with van der Waals surface area (Å²) >= 11 is 6.95. The molecule has 4 atom stereocenters. The summed E-state index contributed by atoms with van der Waals surface area (Å²) in [6.07, 6.45) is 13.6. The molecule has 11 heteroatoms. The third-order valence-corrected chi connectivity index (χ3v) is 12.2. The molecule has 0 radical (unpaired) electrons. The first-order valence-corrected chi connectivity index (χ1v) is 17.9. The molecule has 11 rings (SSSR count). The van der Waals surface area contributed by atoms with Gasteiger partial charge in [-0.25, -0.2) is 4.39 Å². The van der Waals surface area contributed by atoms with E-state index in [0.29, 0.717) is 36.6 Å². The molecule has 6 fully saturated rings. The molecule has 244 valence electrons. The number of H-pyrrole nitrogens is 1. The normalized spacial score (nSPS) is 27.9. The molecule has 47 heavy (non-hydrogen) atoms. The average molecular weight is 655 g/mol. The molecule has 0 amide bonds. The van der Waals surface area contributed by atoms with E-state index in [1.165, 1.54) is 47.9 Å². The fraction of sp³-hybridized carbons (Fsp3) is 0.556. The highest BCUT2D eigenvalue weighted by molar-refractivity contribution is 6.33. The monoisotopic (exact) mass is 654 g/mol. The zero-order valence-corrected chi connectivity index (χ0v) is 27.5. The topological polar surface area (TPSA) is 95.1 Å². The summed E-state index contributed by atoms with van der Waals surface area (Å²) < 4.78 is 18.3. The highest BCUT2D eigenvalue weighted by Gasteiger charge is 2.57. The first-order chi connectivity index (χ1) is 23.0. The Morgan fingerprint density at radius 1 is 1.04 bits per heavy atom. The minimum absolute atomic E-state index is 0.161. The number of alkyl halides is 1. The van der Waals surface area contributed by atoms with Crippen molar-refractivity contribution in [1.82, 2.24) is 35.4 Å². The van der Waals surface area contributed by atoms with Gasteiger partial charge in [0.1, 0.15) is 12.0 Å². The van der Waals surface area contributed by atoms with E-state index in [2.05, 4.69) is 31.4 Å². The van der Waals surface area contributed by atoms with Crippen molar-refractivity contribution in [1.29, 1.82) is 0 Å². The van der Waals surface area contributed by atoms with E-state index in [1.807, 2.05) is 18.5 Å². The second-order valence-corrected chi connectivity index (χ2v) is 15.2. The number of rotatable bonds is 4. The number of aromatic nitrogens is 5. The highest BCUT2D eigenvalue weighted by Crippen LogP contribution is 2.66. The number of hydrogen-bond acceptors (Lipinski definition) is 8. The van der Waals surface area contributed by atoms with Crippen molar-refractivity contribution in [2.24, 2.45) is 0 Å². The predicted octanol–water partition coefficient (Wildman–Crippen LogP) is 6.15. The molecule has 7 aliphatic rings. The molecule has 4 unspecified atom stereocenters. The molecular formula is C36H40ClFN8O. The van der Waals surface area contributed by atoms with Crippen molar-refractivity contribution < 1.29 is 9.13 Å². The first-order valence-electron chi connectivity index (χ1n) is 17.5. The van der Waals surface area contributed by atoms with Gasteiger partial charge in [-0.2, -0.15) is 15.1 Å². The lowest BCUT2D eigenvalue weighted by molar-refractivity contribution is 0.292. The summed E-state index contributed by atoms with van der Waals surface area (Å²) in [5.74, 6) is 1.48. The van der Waals surface area contributed by atoms with Crippen LogP contribution in [0.1, 0.15) is 80.5 Å². The maximum atomic E-state index is 12.6. The smallest absolute Gasteiger partial charge is 0.318 e. The molecule has 4 aromatic rings. The van der Waals surface area contributed by atoms with Crippen molar-refractivity contribution in [3.63, 3.8) is 0 Å². The van der Waals surface area contributed by atoms with Crippen LogP contribution in [0.3, 0.4) is 0 Å². The molecule has 2 N–H and O–H groups in total. The minimum atomic E-state index is -0.518. The number of fused-ring (bicyclic) bond motifs is 9. The standard InChI is InChI=1S/C29H28ClN7O.C7H12FN/c1-38-28-34-26-23(27(35-28)37-12-15-4-5-16(13-37)33-15)17-6-9-31-25(24(17)29(26)7-8-29)22-18-11-32-36-20(18)10-19(30)21(22)14-2-3-14;8-6-4-7-2-1-3-9(7)5-6/h6,9-11,14-16,33H,2-5,7-8,12-13H2,1H3,(H,32,36);6-7H,1-5H2. The summed E-state index contributed by atoms with van der Waals surface area (Å²) in [4.78, 5) is 19.9. The summed E-state index contributed by atoms with van der Waals surface area (Å²) in [5.41, 5.74) is 8.94. The third kappa shape index (κ3) is 4.47. The Hall–Kier alpha value is -3.34. The van der Waals surface area contributed by atoms with Crippen molar-refractivity contribution in [2.75, 3.05) is 38.2 Å². The number of benzene rings is 1. The fourth-order valence-corrected chi connectivity index (χ4v) is 9.87. The maximum absolute atomic E-state index is 12.6. The molecule has 3 aliphatic carbocycles. The van der Waals surface area contributed by atoms with Crippen LogP contribution in [0.2, 0.25) is 5.02 Å². The number of piperazine rings is 1. The molecule has 4 aliphatic heterocycles. The summed E-state index contributed by atoms with van der Waals surface area (Å²) in [6, 6.07) is 6.29. The van der Waals surface area contributed by atoms with E-state index < -0.39 is 6.17 Å². The van der Waals surface area contributed by atoms with E-state index in [0.717, 1.165) is 90.4 Å². The van der Waals surface area contributed by atoms with E-state index in [-0.39, 0.29) is 5.41 Å². The number of halogens is 2. The predicted molar refractivity (Wildman–Crippen MR) is 180 cm³/mol. The Labute approximate surface area is 278 Å². The van der Waals surface area contributed by atoms with Gasteiger partial charge in [0.05, 0.1) is 30.2 Å². The average Bonchev–Trinajstić information content (AvgIpc) is 3.85. The first kappa shape index (κ1) is 28.7. The lowest BCUT2D eigenvalue weighted by atomic mass is 9.88. The molecule has 1 spiro atoms. The van der Waals surface area contributed by atoms with Gasteiger partial charge in [-0.1, -0.05) is 11.6 Å². The molecule has 2 saturated carbocycles. The number of ether oxygens (including phenoxy) is 1. The Kier molecular flexibility index (Phi) is 6.45. The lowest BCUT2D eigenvalue weighted by Crippen LogP contribution is -2.51. The van der Waals surface area contributed by atoms with Crippen LogP contribution in [0.25, 0.3) is 33.3 Å². The van der Waals surface area contributed by atoms with Crippen LogP contribution < -0.4 is 15.0 Å². The number of aromatic amines is 1. The van der Waals surface area contributed by atoms with Crippen LogP contribution in [-0.4, -0.2) is 87.6 Å². The van der Waals surface area contributed by atoms with E-state index in [9.17, 15) is 4.39 Å². The molecular weight excluding hydrogens is 615 g/mol. The van der Waals surface area contributed by atoms with Crippen molar-refractivity contribution in [2.45, 2.75) is 93.4 Å². The van der Waals surface area contributed by atoms with E-state index >= 15 is 0 Å². The van der Waals surface area contributed by atoms with Crippen molar-refractivity contribution in [3.05, 3.63) is 46.4 Å². The lowest BCUT2D eigenvalue weighted by Gasteiger charge is -2.34. The largest absolute Gasteiger partial charge is 0.467 e. The van der Waals surface area contributed by atoms with Gasteiger partial charge in [-0.05, 0) is 99.1 Å². The molecule has 1 aromatic carbocycles. The van der Waals surface area contributed by atoms with Gasteiger partial charge >= 0.3 is 6.01 Å². The summed E-state index contributed by atoms with van der Waals surface area (Å²) in [7, 11) is 1.67. The van der Waals surface area contributed by atoms with Crippen LogP contribution in [0.4, 0.5) is 10.2 Å². The van der Waals surface area contributed by atoms with E-state index in [4.69, 9.17) is 31.3 Å². The number of anilines is 1. The Balaban J connectivity index is 0.000000274. The number of methoxy groups -OCH3 is 1. The van der Waals surface area contributed by atoms with Crippen molar-refractivity contribution >= 4 is 28.3 Å². The Morgan fingerprint density at radius 2 is 1.87 bits per heavy atom. The van der Waals surface area contributed by atoms with Crippen molar-refractivity contribution in [3.8, 4) is 28.4 Å².